The number of aryl methyl sites for hydroxylation is 1. The molecule has 1 N–H and O–H groups in total. The molecule has 0 spiro atoms. The molecule has 0 aliphatic heterocycles. The fraction of sp³-hybridized carbons (Fsp3) is 0.273. The minimum Gasteiger partial charge on any atom is -0.481 e. The number of carbonyl (C=O) groups is 1. The summed E-state index contributed by atoms with van der Waals surface area (Å²) < 4.78 is 9.09. The summed E-state index contributed by atoms with van der Waals surface area (Å²) in [6.07, 6.45) is -0.286. The molecule has 0 saturated heterocycles. The Balaban J connectivity index is 1.86. The molecule has 0 unspecified atom stereocenters. The molecule has 1 aromatic heterocycles. The van der Waals surface area contributed by atoms with Crippen molar-refractivity contribution in [2.24, 2.45) is 7.05 Å². The first-order chi connectivity index (χ1) is 13.8. The highest BCUT2D eigenvalue weighted by atomic mass is 35.5. The van der Waals surface area contributed by atoms with Crippen molar-refractivity contribution in [1.29, 1.82) is 0 Å². The van der Waals surface area contributed by atoms with Crippen LogP contribution >= 0.6 is 11.6 Å². The van der Waals surface area contributed by atoms with Crippen LogP contribution < -0.4 is 15.6 Å². The molecule has 29 heavy (non-hydrogen) atoms. The van der Waals surface area contributed by atoms with Gasteiger partial charge in [-0.3, -0.25) is 14.3 Å². The van der Waals surface area contributed by atoms with Crippen LogP contribution in [0.2, 0.25) is 5.02 Å². The molecule has 0 fully saturated rings. The Hall–Kier alpha value is -2.99. The largest absolute Gasteiger partial charge is 0.481 e. The summed E-state index contributed by atoms with van der Waals surface area (Å²) in [6, 6.07) is 14.5. The summed E-state index contributed by atoms with van der Waals surface area (Å²) in [7, 11) is 1.78. The van der Waals surface area contributed by atoms with Crippen LogP contribution in [0, 0.1) is 13.8 Å². The van der Waals surface area contributed by atoms with Crippen molar-refractivity contribution in [2.75, 3.05) is 5.32 Å². The minimum absolute atomic E-state index is 0.246. The summed E-state index contributed by atoms with van der Waals surface area (Å²) in [6.45, 7) is 5.52. The van der Waals surface area contributed by atoms with E-state index in [-0.39, 0.29) is 17.2 Å². The van der Waals surface area contributed by atoms with Gasteiger partial charge in [-0.1, -0.05) is 36.7 Å². The van der Waals surface area contributed by atoms with Gasteiger partial charge in [0.05, 0.1) is 11.4 Å². The third kappa shape index (κ3) is 4.22. The van der Waals surface area contributed by atoms with E-state index in [1.807, 2.05) is 44.2 Å². The molecular weight excluding hydrogens is 390 g/mol. The average molecular weight is 414 g/mol. The number of halogens is 1. The second kappa shape index (κ2) is 8.57. The highest BCUT2D eigenvalue weighted by Crippen LogP contribution is 2.23. The Labute approximate surface area is 174 Å². The monoisotopic (exact) mass is 413 g/mol. The minimum atomic E-state index is -0.736. The van der Waals surface area contributed by atoms with Crippen molar-refractivity contribution in [3.05, 3.63) is 75.2 Å². The van der Waals surface area contributed by atoms with Gasteiger partial charge in [0.15, 0.2) is 6.10 Å². The van der Waals surface area contributed by atoms with Gasteiger partial charge in [0, 0.05) is 12.1 Å². The number of hydrogen-bond acceptors (Lipinski definition) is 3. The number of carbonyl (C=O) groups excluding carboxylic acids is 1. The normalized spacial score (nSPS) is 11.9. The molecule has 3 aromatic rings. The first-order valence-corrected chi connectivity index (χ1v) is 9.79. The first kappa shape index (κ1) is 20.7. The van der Waals surface area contributed by atoms with E-state index in [1.165, 1.54) is 4.68 Å². The van der Waals surface area contributed by atoms with Crippen molar-refractivity contribution in [3.8, 4) is 11.4 Å². The van der Waals surface area contributed by atoms with Gasteiger partial charge in [0.2, 0.25) is 0 Å². The number of nitrogens with zero attached hydrogens (tertiary/aromatic N) is 2. The Morgan fingerprint density at radius 1 is 1.17 bits per heavy atom. The number of aromatic nitrogens is 2. The van der Waals surface area contributed by atoms with Crippen LogP contribution in [0.5, 0.6) is 5.75 Å². The fourth-order valence-corrected chi connectivity index (χ4v) is 3.21. The zero-order valence-electron chi connectivity index (χ0n) is 16.9. The van der Waals surface area contributed by atoms with Crippen molar-refractivity contribution in [3.63, 3.8) is 0 Å². The second-order valence-corrected chi connectivity index (χ2v) is 7.26. The maximum absolute atomic E-state index is 13.0. The van der Waals surface area contributed by atoms with Crippen LogP contribution in [0.15, 0.2) is 53.3 Å². The van der Waals surface area contributed by atoms with Crippen molar-refractivity contribution in [2.45, 2.75) is 33.3 Å². The summed E-state index contributed by atoms with van der Waals surface area (Å²) in [4.78, 5) is 25.8. The van der Waals surface area contributed by atoms with Crippen molar-refractivity contribution >= 4 is 23.2 Å². The zero-order valence-corrected chi connectivity index (χ0v) is 17.7. The van der Waals surface area contributed by atoms with Gasteiger partial charge < -0.3 is 10.1 Å². The SMILES string of the molecule is CC[C@H](Oc1ccc(Cl)c(C)c1)C(=O)Nc1c(C)n(C)n(-c2ccccc2)c1=O. The highest BCUT2D eigenvalue weighted by molar-refractivity contribution is 6.31. The van der Waals surface area contributed by atoms with E-state index in [0.29, 0.717) is 22.9 Å². The van der Waals surface area contributed by atoms with Crippen molar-refractivity contribution in [1.82, 2.24) is 9.36 Å². The van der Waals surface area contributed by atoms with Gasteiger partial charge in [-0.15, -0.1) is 0 Å². The van der Waals surface area contributed by atoms with Crippen molar-refractivity contribution < 1.29 is 9.53 Å². The maximum Gasteiger partial charge on any atom is 0.295 e. The van der Waals surface area contributed by atoms with Crippen LogP contribution in [0.25, 0.3) is 5.69 Å². The summed E-state index contributed by atoms with van der Waals surface area (Å²) in [5, 5.41) is 3.40. The van der Waals surface area contributed by atoms with Gasteiger partial charge in [0.1, 0.15) is 11.4 Å². The van der Waals surface area contributed by atoms with E-state index in [2.05, 4.69) is 5.32 Å². The second-order valence-electron chi connectivity index (χ2n) is 6.85. The number of amides is 1. The average Bonchev–Trinajstić information content (AvgIpc) is 2.92. The molecule has 0 aliphatic rings. The predicted molar refractivity (Wildman–Crippen MR) is 115 cm³/mol. The molecule has 0 bridgehead atoms. The number of ether oxygens (including phenoxy) is 1. The predicted octanol–water partition coefficient (Wildman–Crippen LogP) is 4.24. The number of anilines is 1. The quantitative estimate of drug-likeness (QED) is 0.657. The first-order valence-electron chi connectivity index (χ1n) is 9.41. The van der Waals surface area contributed by atoms with Crippen LogP contribution in [0.4, 0.5) is 5.69 Å². The Kier molecular flexibility index (Phi) is 6.13. The molecule has 3 rings (SSSR count). The third-order valence-electron chi connectivity index (χ3n) is 4.87. The van der Waals surface area contributed by atoms with Crippen LogP contribution in [0.1, 0.15) is 24.6 Å². The molecule has 6 nitrogen and oxygen atoms in total. The summed E-state index contributed by atoms with van der Waals surface area (Å²) in [5.74, 6) is 0.187. The lowest BCUT2D eigenvalue weighted by Crippen LogP contribution is -2.34. The molecule has 0 radical (unpaired) electrons. The number of nitrogens with one attached hydrogen (secondary N) is 1. The van der Waals surface area contributed by atoms with Gasteiger partial charge in [-0.2, -0.15) is 0 Å². The molecule has 0 saturated carbocycles. The molecule has 1 amide bonds. The van der Waals surface area contributed by atoms with E-state index < -0.39 is 6.10 Å². The Morgan fingerprint density at radius 3 is 2.48 bits per heavy atom. The molecule has 2 aromatic carbocycles. The number of rotatable bonds is 6. The van der Waals surface area contributed by atoms with E-state index in [4.69, 9.17) is 16.3 Å². The summed E-state index contributed by atoms with van der Waals surface area (Å²) in [5.41, 5.74) is 2.20. The van der Waals surface area contributed by atoms with Crippen LogP contribution in [-0.4, -0.2) is 21.4 Å². The molecule has 1 atom stereocenters. The van der Waals surface area contributed by atoms with Crippen LogP contribution in [0.3, 0.4) is 0 Å². The zero-order chi connectivity index (χ0) is 21.1. The third-order valence-corrected chi connectivity index (χ3v) is 5.30. The molecule has 7 heteroatoms. The molecule has 0 aliphatic carbocycles. The van der Waals surface area contributed by atoms with Gasteiger partial charge in [0.25, 0.3) is 11.5 Å². The molecule has 1 heterocycles. The molecule has 152 valence electrons. The van der Waals surface area contributed by atoms with Gasteiger partial charge in [-0.25, -0.2) is 4.68 Å². The van der Waals surface area contributed by atoms with Crippen LogP contribution in [-0.2, 0) is 11.8 Å². The summed E-state index contributed by atoms with van der Waals surface area (Å²) >= 11 is 6.05. The van der Waals surface area contributed by atoms with E-state index >= 15 is 0 Å². The van der Waals surface area contributed by atoms with Gasteiger partial charge >= 0.3 is 0 Å². The van der Waals surface area contributed by atoms with E-state index in [1.54, 1.807) is 36.9 Å². The highest BCUT2D eigenvalue weighted by Gasteiger charge is 2.23. The number of benzene rings is 2. The lowest BCUT2D eigenvalue weighted by Gasteiger charge is -2.17. The smallest absolute Gasteiger partial charge is 0.295 e. The Bertz CT molecular complexity index is 1090. The lowest BCUT2D eigenvalue weighted by molar-refractivity contribution is -0.122. The number of hydrogen-bond donors (Lipinski definition) is 1. The topological polar surface area (TPSA) is 65.3 Å². The van der Waals surface area contributed by atoms with E-state index in [9.17, 15) is 9.59 Å². The number of para-hydroxylation sites is 1. The standard InChI is InChI=1S/C22H24ClN3O3/c1-5-19(29-17-11-12-18(23)14(2)13-17)21(27)24-20-15(3)25(4)26(22(20)28)16-9-7-6-8-10-16/h6-13,19H,5H2,1-4H3,(H,24,27)/t19-/m0/s1. The van der Waals surface area contributed by atoms with Gasteiger partial charge in [-0.05, 0) is 56.2 Å². The van der Waals surface area contributed by atoms with E-state index in [0.717, 1.165) is 11.3 Å². The Morgan fingerprint density at radius 2 is 1.86 bits per heavy atom. The maximum atomic E-state index is 13.0. The fourth-order valence-electron chi connectivity index (χ4n) is 3.09. The lowest BCUT2D eigenvalue weighted by atomic mass is 10.2. The molecular formula is C22H24ClN3O3.